The lowest BCUT2D eigenvalue weighted by atomic mass is 10.3. The van der Waals surface area contributed by atoms with Crippen molar-refractivity contribution in [3.63, 3.8) is 0 Å². The third-order valence-electron chi connectivity index (χ3n) is 2.50. The third-order valence-corrected chi connectivity index (χ3v) is 2.50. The standard InChI is InChI=1S/C12H14N4O4/c1-20-9-4-2-3-8(7-9)16-14-10(12(18)19)11(15-16)13-5-6-17/h2-4,7,17H,5-6H2,1H3,(H,13,15)(H,18,19). The molecular weight excluding hydrogens is 264 g/mol. The number of aliphatic hydroxyl groups is 1. The number of carboxylic acids is 1. The minimum atomic E-state index is -1.19. The molecule has 0 radical (unpaired) electrons. The van der Waals surface area contributed by atoms with E-state index in [1.165, 1.54) is 11.9 Å². The van der Waals surface area contributed by atoms with Crippen molar-refractivity contribution in [2.45, 2.75) is 0 Å². The Hall–Kier alpha value is -2.61. The number of benzene rings is 1. The molecule has 106 valence electrons. The third kappa shape index (κ3) is 2.86. The SMILES string of the molecule is COc1cccc(-n2nc(NCCO)c(C(=O)O)n2)c1. The molecule has 0 saturated carbocycles. The molecule has 0 atom stereocenters. The Morgan fingerprint density at radius 3 is 2.90 bits per heavy atom. The summed E-state index contributed by atoms with van der Waals surface area (Å²) in [7, 11) is 1.53. The molecule has 0 spiro atoms. The highest BCUT2D eigenvalue weighted by Gasteiger charge is 2.18. The number of nitrogens with zero attached hydrogens (tertiary/aromatic N) is 3. The van der Waals surface area contributed by atoms with Gasteiger partial charge in [-0.05, 0) is 12.1 Å². The second-order valence-electron chi connectivity index (χ2n) is 3.84. The summed E-state index contributed by atoms with van der Waals surface area (Å²) in [5.74, 6) is -0.476. The number of carbonyl (C=O) groups is 1. The van der Waals surface area contributed by atoms with Crippen molar-refractivity contribution in [1.82, 2.24) is 15.0 Å². The smallest absolute Gasteiger partial charge is 0.360 e. The van der Waals surface area contributed by atoms with Crippen LogP contribution in [0.5, 0.6) is 5.75 Å². The van der Waals surface area contributed by atoms with Gasteiger partial charge in [-0.2, -0.15) is 0 Å². The number of carboxylic acid groups (broad SMARTS) is 1. The first kappa shape index (κ1) is 13.8. The topological polar surface area (TPSA) is 110 Å². The average Bonchev–Trinajstić information content (AvgIpc) is 2.89. The van der Waals surface area contributed by atoms with Gasteiger partial charge in [0.05, 0.1) is 19.4 Å². The van der Waals surface area contributed by atoms with E-state index in [0.717, 1.165) is 0 Å². The zero-order chi connectivity index (χ0) is 14.5. The highest BCUT2D eigenvalue weighted by molar-refractivity contribution is 5.90. The van der Waals surface area contributed by atoms with E-state index in [1.54, 1.807) is 24.3 Å². The maximum absolute atomic E-state index is 11.1. The average molecular weight is 278 g/mol. The van der Waals surface area contributed by atoms with E-state index in [2.05, 4.69) is 15.5 Å². The maximum Gasteiger partial charge on any atom is 0.360 e. The lowest BCUT2D eigenvalue weighted by Gasteiger charge is -2.02. The molecule has 8 nitrogen and oxygen atoms in total. The highest BCUT2D eigenvalue weighted by atomic mass is 16.5. The van der Waals surface area contributed by atoms with Crippen LogP contribution in [0.1, 0.15) is 10.5 Å². The molecule has 3 N–H and O–H groups in total. The summed E-state index contributed by atoms with van der Waals surface area (Å²) in [5.41, 5.74) is 0.366. The fraction of sp³-hybridized carbons (Fsp3) is 0.250. The highest BCUT2D eigenvalue weighted by Crippen LogP contribution is 2.17. The predicted molar refractivity (Wildman–Crippen MR) is 70.4 cm³/mol. The second-order valence-corrected chi connectivity index (χ2v) is 3.84. The van der Waals surface area contributed by atoms with Crippen LogP contribution < -0.4 is 10.1 Å². The van der Waals surface area contributed by atoms with Crippen molar-refractivity contribution in [1.29, 1.82) is 0 Å². The minimum Gasteiger partial charge on any atom is -0.497 e. The molecule has 2 rings (SSSR count). The van der Waals surface area contributed by atoms with Gasteiger partial charge in [0.1, 0.15) is 5.75 Å². The lowest BCUT2D eigenvalue weighted by molar-refractivity contribution is 0.0691. The van der Waals surface area contributed by atoms with E-state index in [4.69, 9.17) is 14.9 Å². The molecule has 0 bridgehead atoms. The number of hydrogen-bond acceptors (Lipinski definition) is 6. The second kappa shape index (κ2) is 6.02. The first-order valence-electron chi connectivity index (χ1n) is 5.85. The molecule has 20 heavy (non-hydrogen) atoms. The molecule has 8 heteroatoms. The van der Waals surface area contributed by atoms with Crippen LogP contribution in [0.25, 0.3) is 5.69 Å². The van der Waals surface area contributed by atoms with Gasteiger partial charge in [0.15, 0.2) is 5.82 Å². The quantitative estimate of drug-likeness (QED) is 0.700. The Labute approximate surface area is 114 Å². The van der Waals surface area contributed by atoms with Crippen LogP contribution >= 0.6 is 0 Å². The van der Waals surface area contributed by atoms with Gasteiger partial charge in [0, 0.05) is 12.6 Å². The summed E-state index contributed by atoms with van der Waals surface area (Å²) in [6.07, 6.45) is 0. The Balaban J connectivity index is 2.38. The van der Waals surface area contributed by atoms with E-state index in [9.17, 15) is 4.79 Å². The Kier molecular flexibility index (Phi) is 4.16. The molecule has 0 unspecified atom stereocenters. The molecule has 0 aliphatic carbocycles. The van der Waals surface area contributed by atoms with Crippen molar-refractivity contribution < 1.29 is 19.7 Å². The Morgan fingerprint density at radius 1 is 1.45 bits per heavy atom. The van der Waals surface area contributed by atoms with Crippen LogP contribution in [0.2, 0.25) is 0 Å². The van der Waals surface area contributed by atoms with Gasteiger partial charge in [-0.25, -0.2) is 4.79 Å². The van der Waals surface area contributed by atoms with Crippen LogP contribution in [-0.2, 0) is 0 Å². The van der Waals surface area contributed by atoms with E-state index in [0.29, 0.717) is 11.4 Å². The predicted octanol–water partition coefficient (Wildman–Crippen LogP) is 0.378. The first-order valence-corrected chi connectivity index (χ1v) is 5.85. The van der Waals surface area contributed by atoms with Gasteiger partial charge in [-0.15, -0.1) is 15.0 Å². The number of anilines is 1. The number of aromatic carboxylic acids is 1. The molecule has 1 aromatic carbocycles. The van der Waals surface area contributed by atoms with Crippen LogP contribution in [0, 0.1) is 0 Å². The van der Waals surface area contributed by atoms with Gasteiger partial charge < -0.3 is 20.3 Å². The normalized spacial score (nSPS) is 10.3. The van der Waals surface area contributed by atoms with Crippen LogP contribution in [0.3, 0.4) is 0 Å². The molecule has 0 aliphatic rings. The van der Waals surface area contributed by atoms with Gasteiger partial charge in [0.2, 0.25) is 5.69 Å². The monoisotopic (exact) mass is 278 g/mol. The van der Waals surface area contributed by atoms with Crippen LogP contribution in [0.4, 0.5) is 5.82 Å². The fourth-order valence-electron chi connectivity index (χ4n) is 1.59. The Morgan fingerprint density at radius 2 is 2.25 bits per heavy atom. The summed E-state index contributed by atoms with van der Waals surface area (Å²) in [5, 5.41) is 28.5. The molecule has 2 aromatic rings. The number of nitrogens with one attached hydrogen (secondary N) is 1. The van der Waals surface area contributed by atoms with Crippen molar-refractivity contribution in [2.24, 2.45) is 0 Å². The van der Waals surface area contributed by atoms with Gasteiger partial charge >= 0.3 is 5.97 Å². The minimum absolute atomic E-state index is 0.106. The van der Waals surface area contributed by atoms with Crippen molar-refractivity contribution in [3.8, 4) is 11.4 Å². The first-order chi connectivity index (χ1) is 9.65. The number of methoxy groups -OCH3 is 1. The van der Waals surface area contributed by atoms with E-state index in [-0.39, 0.29) is 24.7 Å². The molecular formula is C12H14N4O4. The molecule has 1 heterocycles. The summed E-state index contributed by atoms with van der Waals surface area (Å²) in [6.45, 7) is 0.0577. The van der Waals surface area contributed by atoms with E-state index >= 15 is 0 Å². The van der Waals surface area contributed by atoms with Gasteiger partial charge in [-0.3, -0.25) is 0 Å². The zero-order valence-corrected chi connectivity index (χ0v) is 10.8. The number of ether oxygens (including phenoxy) is 1. The Bertz CT molecular complexity index is 611. The molecule has 1 aromatic heterocycles. The van der Waals surface area contributed by atoms with Crippen molar-refractivity contribution in [3.05, 3.63) is 30.0 Å². The summed E-state index contributed by atoms with van der Waals surface area (Å²) >= 11 is 0. The molecule has 0 fully saturated rings. The number of rotatable bonds is 6. The molecule has 0 amide bonds. The van der Waals surface area contributed by atoms with Crippen LogP contribution in [-0.4, -0.2) is 51.4 Å². The summed E-state index contributed by atoms with van der Waals surface area (Å²) < 4.78 is 5.09. The lowest BCUT2D eigenvalue weighted by Crippen LogP contribution is -2.09. The largest absolute Gasteiger partial charge is 0.497 e. The number of aliphatic hydroxyl groups excluding tert-OH is 1. The van der Waals surface area contributed by atoms with Crippen molar-refractivity contribution in [2.75, 3.05) is 25.6 Å². The van der Waals surface area contributed by atoms with E-state index in [1.807, 2.05) is 0 Å². The zero-order valence-electron chi connectivity index (χ0n) is 10.8. The van der Waals surface area contributed by atoms with Crippen LogP contribution in [0.15, 0.2) is 24.3 Å². The summed E-state index contributed by atoms with van der Waals surface area (Å²) in [4.78, 5) is 12.3. The molecule has 0 saturated heterocycles. The van der Waals surface area contributed by atoms with Gasteiger partial charge in [-0.1, -0.05) is 6.07 Å². The fourth-order valence-corrected chi connectivity index (χ4v) is 1.59. The number of aromatic nitrogens is 3. The number of hydrogen-bond donors (Lipinski definition) is 3. The van der Waals surface area contributed by atoms with Crippen molar-refractivity contribution >= 4 is 11.8 Å². The summed E-state index contributed by atoms with van der Waals surface area (Å²) in [6, 6.07) is 6.92. The van der Waals surface area contributed by atoms with Gasteiger partial charge in [0.25, 0.3) is 0 Å². The van der Waals surface area contributed by atoms with E-state index < -0.39 is 5.97 Å². The molecule has 0 aliphatic heterocycles. The maximum atomic E-state index is 11.1.